The second-order valence-corrected chi connectivity index (χ2v) is 6.33. The van der Waals surface area contributed by atoms with Gasteiger partial charge in [-0.05, 0) is 41.0 Å². The number of esters is 1. The minimum absolute atomic E-state index is 0.183. The first-order valence-corrected chi connectivity index (χ1v) is 8.53. The number of Topliss-reactive ketones (excluding diaryl/α,β-unsaturated/α-hetero) is 1. The third kappa shape index (κ3) is 3.04. The van der Waals surface area contributed by atoms with Gasteiger partial charge in [0.05, 0.1) is 19.1 Å². The van der Waals surface area contributed by atoms with E-state index in [0.29, 0.717) is 11.3 Å². The normalized spacial score (nSPS) is 18.0. The summed E-state index contributed by atoms with van der Waals surface area (Å²) < 4.78 is 10.8. The highest BCUT2D eigenvalue weighted by molar-refractivity contribution is 6.05. The average molecular weight is 356 g/mol. The predicted octanol–water partition coefficient (Wildman–Crippen LogP) is 3.77. The Bertz CT molecular complexity index is 1120. The molecule has 1 heterocycles. The van der Waals surface area contributed by atoms with E-state index in [0.717, 1.165) is 16.3 Å². The van der Waals surface area contributed by atoms with Crippen LogP contribution in [0.4, 0.5) is 0 Å². The van der Waals surface area contributed by atoms with E-state index in [1.165, 1.54) is 7.11 Å². The number of fused-ring (bicyclic) bond motifs is 2. The summed E-state index contributed by atoms with van der Waals surface area (Å²) >= 11 is 0. The van der Waals surface area contributed by atoms with Crippen molar-refractivity contribution in [1.82, 2.24) is 0 Å². The number of hydrogen-bond donors (Lipinski definition) is 0. The molecule has 3 aromatic rings. The van der Waals surface area contributed by atoms with Crippen molar-refractivity contribution in [3.8, 4) is 17.6 Å². The van der Waals surface area contributed by atoms with Crippen LogP contribution in [0.3, 0.4) is 0 Å². The van der Waals surface area contributed by atoms with Gasteiger partial charge in [-0.2, -0.15) is 0 Å². The third-order valence-electron chi connectivity index (χ3n) is 4.55. The molecule has 4 heteroatoms. The lowest BCUT2D eigenvalue weighted by Gasteiger charge is -2.31. The van der Waals surface area contributed by atoms with Crippen molar-refractivity contribution in [1.29, 1.82) is 0 Å². The van der Waals surface area contributed by atoms with Gasteiger partial charge in [0.2, 0.25) is 0 Å². The molecule has 1 aliphatic heterocycles. The van der Waals surface area contributed by atoms with Crippen LogP contribution in [0.1, 0.15) is 22.3 Å². The second kappa shape index (κ2) is 6.62. The molecule has 27 heavy (non-hydrogen) atoms. The minimum atomic E-state index is -1.65. The van der Waals surface area contributed by atoms with Gasteiger partial charge in [0, 0.05) is 5.56 Å². The van der Waals surface area contributed by atoms with Crippen LogP contribution in [0.25, 0.3) is 10.8 Å². The summed E-state index contributed by atoms with van der Waals surface area (Å²) in [7, 11) is 1.26. The molecule has 0 bridgehead atoms. The smallest absolute Gasteiger partial charge is 0.363 e. The molecular formula is C23H16O4. The minimum Gasteiger partial charge on any atom is -0.465 e. The van der Waals surface area contributed by atoms with E-state index < -0.39 is 11.6 Å². The van der Waals surface area contributed by atoms with Crippen LogP contribution in [0, 0.1) is 11.8 Å². The molecular weight excluding hydrogens is 340 g/mol. The molecule has 132 valence electrons. The van der Waals surface area contributed by atoms with E-state index >= 15 is 0 Å². The average Bonchev–Trinajstić information content (AvgIpc) is 2.71. The molecule has 0 saturated carbocycles. The van der Waals surface area contributed by atoms with Crippen molar-refractivity contribution in [3.05, 3.63) is 77.9 Å². The van der Waals surface area contributed by atoms with E-state index in [9.17, 15) is 9.59 Å². The highest BCUT2D eigenvalue weighted by Gasteiger charge is 2.47. The van der Waals surface area contributed by atoms with Crippen LogP contribution < -0.4 is 4.74 Å². The standard InChI is InChI=1S/C23H16O4/c1-26-22(25)23(15-20(24)19-8-4-5-9-21(19)27-23)13-12-16-10-11-17-6-2-3-7-18(17)14-16/h2-11,14H,15H2,1H3/t23-/m0/s1. The summed E-state index contributed by atoms with van der Waals surface area (Å²) in [5, 5.41) is 2.14. The largest absolute Gasteiger partial charge is 0.465 e. The summed E-state index contributed by atoms with van der Waals surface area (Å²) in [5.74, 6) is 5.32. The molecule has 4 nitrogen and oxygen atoms in total. The fourth-order valence-electron chi connectivity index (χ4n) is 3.17. The molecule has 0 spiro atoms. The third-order valence-corrected chi connectivity index (χ3v) is 4.55. The number of carbonyl (C=O) groups excluding carboxylic acids is 2. The van der Waals surface area contributed by atoms with Gasteiger partial charge in [-0.3, -0.25) is 4.79 Å². The zero-order chi connectivity index (χ0) is 18.9. The van der Waals surface area contributed by atoms with E-state index in [1.54, 1.807) is 24.3 Å². The Labute approximate surface area is 156 Å². The molecule has 3 aromatic carbocycles. The van der Waals surface area contributed by atoms with Crippen molar-refractivity contribution >= 4 is 22.5 Å². The Morgan fingerprint density at radius 3 is 2.59 bits per heavy atom. The number of carbonyl (C=O) groups is 2. The van der Waals surface area contributed by atoms with Crippen molar-refractivity contribution in [3.63, 3.8) is 0 Å². The van der Waals surface area contributed by atoms with E-state index in [4.69, 9.17) is 9.47 Å². The molecule has 0 fully saturated rings. The topological polar surface area (TPSA) is 52.6 Å². The Hall–Kier alpha value is -3.58. The van der Waals surface area contributed by atoms with Crippen LogP contribution in [-0.2, 0) is 9.53 Å². The van der Waals surface area contributed by atoms with Crippen molar-refractivity contribution in [2.24, 2.45) is 0 Å². The Morgan fingerprint density at radius 1 is 1.04 bits per heavy atom. The van der Waals surface area contributed by atoms with E-state index in [-0.39, 0.29) is 12.2 Å². The van der Waals surface area contributed by atoms with Gasteiger partial charge in [-0.1, -0.05) is 48.4 Å². The van der Waals surface area contributed by atoms with Gasteiger partial charge in [-0.15, -0.1) is 0 Å². The van der Waals surface area contributed by atoms with Gasteiger partial charge in [0.15, 0.2) is 5.78 Å². The van der Waals surface area contributed by atoms with Crippen LogP contribution in [0.15, 0.2) is 66.7 Å². The van der Waals surface area contributed by atoms with Crippen LogP contribution >= 0.6 is 0 Å². The Kier molecular flexibility index (Phi) is 4.13. The summed E-state index contributed by atoms with van der Waals surface area (Å²) in [4.78, 5) is 25.0. The number of para-hydroxylation sites is 1. The molecule has 1 atom stereocenters. The molecule has 0 aromatic heterocycles. The lowest BCUT2D eigenvalue weighted by Crippen LogP contribution is -2.48. The molecule has 0 saturated heterocycles. The summed E-state index contributed by atoms with van der Waals surface area (Å²) in [6.07, 6.45) is -0.183. The fourth-order valence-corrected chi connectivity index (χ4v) is 3.17. The summed E-state index contributed by atoms with van der Waals surface area (Å²) in [6.45, 7) is 0. The Morgan fingerprint density at radius 2 is 1.78 bits per heavy atom. The highest BCUT2D eigenvalue weighted by Crippen LogP contribution is 2.33. The van der Waals surface area contributed by atoms with Crippen molar-refractivity contribution in [2.75, 3.05) is 7.11 Å². The maximum Gasteiger partial charge on any atom is 0.363 e. The zero-order valence-corrected chi connectivity index (χ0v) is 14.7. The number of hydrogen-bond acceptors (Lipinski definition) is 4. The van der Waals surface area contributed by atoms with E-state index in [2.05, 4.69) is 11.8 Å². The number of ketones is 1. The lowest BCUT2D eigenvalue weighted by molar-refractivity contribution is -0.154. The van der Waals surface area contributed by atoms with Gasteiger partial charge in [-0.25, -0.2) is 4.79 Å². The first-order chi connectivity index (χ1) is 13.1. The highest BCUT2D eigenvalue weighted by atomic mass is 16.6. The van der Waals surface area contributed by atoms with Gasteiger partial charge in [0.1, 0.15) is 5.75 Å². The second-order valence-electron chi connectivity index (χ2n) is 6.33. The van der Waals surface area contributed by atoms with Crippen LogP contribution in [-0.4, -0.2) is 24.5 Å². The van der Waals surface area contributed by atoms with Crippen LogP contribution in [0.2, 0.25) is 0 Å². The fraction of sp³-hybridized carbons (Fsp3) is 0.130. The van der Waals surface area contributed by atoms with Crippen molar-refractivity contribution < 1.29 is 19.1 Å². The summed E-state index contributed by atoms with van der Waals surface area (Å²) in [6, 6.07) is 20.5. The molecule has 4 rings (SSSR count). The monoisotopic (exact) mass is 356 g/mol. The van der Waals surface area contributed by atoms with Gasteiger partial charge in [0.25, 0.3) is 5.60 Å². The number of rotatable bonds is 1. The zero-order valence-electron chi connectivity index (χ0n) is 14.7. The first-order valence-electron chi connectivity index (χ1n) is 8.53. The molecule has 0 N–H and O–H groups in total. The van der Waals surface area contributed by atoms with Gasteiger partial charge < -0.3 is 9.47 Å². The Balaban J connectivity index is 1.77. The molecule has 0 radical (unpaired) electrons. The first kappa shape index (κ1) is 16.9. The molecule has 1 aliphatic rings. The SMILES string of the molecule is COC(=O)[C@]1(C#Cc2ccc3ccccc3c2)CC(=O)c2ccccc2O1. The molecule has 0 aliphatic carbocycles. The maximum absolute atomic E-state index is 12.6. The van der Waals surface area contributed by atoms with Crippen LogP contribution in [0.5, 0.6) is 5.75 Å². The maximum atomic E-state index is 12.6. The molecule has 0 unspecified atom stereocenters. The van der Waals surface area contributed by atoms with Crippen molar-refractivity contribution in [2.45, 2.75) is 12.0 Å². The number of ether oxygens (including phenoxy) is 2. The number of benzene rings is 3. The van der Waals surface area contributed by atoms with E-state index in [1.807, 2.05) is 42.5 Å². The molecule has 0 amide bonds. The summed E-state index contributed by atoms with van der Waals surface area (Å²) in [5.41, 5.74) is -0.470. The quantitative estimate of drug-likeness (QED) is 0.492. The van der Waals surface area contributed by atoms with Gasteiger partial charge >= 0.3 is 5.97 Å². The number of methoxy groups -OCH3 is 1. The predicted molar refractivity (Wildman–Crippen MR) is 102 cm³/mol. The lowest BCUT2D eigenvalue weighted by atomic mass is 9.90.